The van der Waals surface area contributed by atoms with Crippen molar-refractivity contribution in [1.29, 1.82) is 0 Å². The topological polar surface area (TPSA) is 64.6 Å². The summed E-state index contributed by atoms with van der Waals surface area (Å²) in [6.45, 7) is 8.85. The van der Waals surface area contributed by atoms with Gasteiger partial charge in [0.2, 0.25) is 0 Å². The number of carbonyl (C=O) groups is 2. The monoisotopic (exact) mass is 291 g/mol. The fraction of sp³-hybridized carbons (Fsp3) is 0.375. The van der Waals surface area contributed by atoms with Gasteiger partial charge in [0, 0.05) is 6.54 Å². The quantitative estimate of drug-likeness (QED) is 0.616. The summed E-state index contributed by atoms with van der Waals surface area (Å²) in [5, 5.41) is 2.56. The van der Waals surface area contributed by atoms with Gasteiger partial charge in [-0.2, -0.15) is 0 Å². The van der Waals surface area contributed by atoms with E-state index in [1.807, 2.05) is 25.1 Å². The van der Waals surface area contributed by atoms with Crippen molar-refractivity contribution in [3.05, 3.63) is 42.5 Å². The zero-order valence-electron chi connectivity index (χ0n) is 12.6. The lowest BCUT2D eigenvalue weighted by molar-refractivity contribution is -0.160. The smallest absolute Gasteiger partial charge is 0.347 e. The van der Waals surface area contributed by atoms with E-state index in [0.717, 1.165) is 5.56 Å². The highest BCUT2D eigenvalue weighted by Gasteiger charge is 2.22. The van der Waals surface area contributed by atoms with Crippen LogP contribution in [0, 0.1) is 6.92 Å². The second kappa shape index (κ2) is 8.09. The summed E-state index contributed by atoms with van der Waals surface area (Å²) < 4.78 is 10.6. The van der Waals surface area contributed by atoms with Crippen molar-refractivity contribution in [3.63, 3.8) is 0 Å². The Morgan fingerprint density at radius 2 is 2.05 bits per heavy atom. The van der Waals surface area contributed by atoms with Crippen molar-refractivity contribution in [2.45, 2.75) is 33.0 Å². The summed E-state index contributed by atoms with van der Waals surface area (Å²) in [7, 11) is 0. The van der Waals surface area contributed by atoms with Crippen LogP contribution in [0.5, 0.6) is 5.75 Å². The predicted octanol–water partition coefficient (Wildman–Crippen LogP) is 2.00. The van der Waals surface area contributed by atoms with Gasteiger partial charge in [-0.25, -0.2) is 4.79 Å². The summed E-state index contributed by atoms with van der Waals surface area (Å²) in [5.41, 5.74) is 1.03. The third-order valence-electron chi connectivity index (χ3n) is 2.72. The normalized spacial score (nSPS) is 12.9. The van der Waals surface area contributed by atoms with Crippen LogP contribution in [0.3, 0.4) is 0 Å². The first-order valence-corrected chi connectivity index (χ1v) is 6.76. The number of rotatable bonds is 7. The van der Waals surface area contributed by atoms with Gasteiger partial charge in [-0.15, -0.1) is 6.58 Å². The van der Waals surface area contributed by atoms with Gasteiger partial charge < -0.3 is 14.8 Å². The molecule has 0 aliphatic carbocycles. The van der Waals surface area contributed by atoms with Crippen molar-refractivity contribution in [1.82, 2.24) is 5.32 Å². The Labute approximate surface area is 124 Å². The molecule has 114 valence electrons. The van der Waals surface area contributed by atoms with Crippen LogP contribution in [0.25, 0.3) is 0 Å². The second-order valence-electron chi connectivity index (χ2n) is 4.69. The number of esters is 1. The highest BCUT2D eigenvalue weighted by Crippen LogP contribution is 2.14. The summed E-state index contributed by atoms with van der Waals surface area (Å²) in [5.74, 6) is -0.369. The molecule has 0 fully saturated rings. The minimum atomic E-state index is -0.874. The fourth-order valence-corrected chi connectivity index (χ4v) is 1.58. The Balaban J connectivity index is 2.50. The van der Waals surface area contributed by atoms with E-state index in [2.05, 4.69) is 11.9 Å². The van der Waals surface area contributed by atoms with E-state index in [9.17, 15) is 9.59 Å². The van der Waals surface area contributed by atoms with Gasteiger partial charge in [0.1, 0.15) is 5.75 Å². The minimum absolute atomic E-state index is 0.329. The number of carbonyl (C=O) groups excluding carboxylic acids is 2. The van der Waals surface area contributed by atoms with E-state index < -0.39 is 18.2 Å². The summed E-state index contributed by atoms with van der Waals surface area (Å²) in [6.07, 6.45) is -0.113. The Morgan fingerprint density at radius 1 is 1.33 bits per heavy atom. The number of hydrogen-bond donors (Lipinski definition) is 1. The van der Waals surface area contributed by atoms with E-state index in [0.29, 0.717) is 12.3 Å². The van der Waals surface area contributed by atoms with Crippen LogP contribution in [0.2, 0.25) is 0 Å². The largest absolute Gasteiger partial charge is 0.479 e. The summed E-state index contributed by atoms with van der Waals surface area (Å²) in [4.78, 5) is 23.5. The molecule has 5 heteroatoms. The van der Waals surface area contributed by atoms with E-state index in [4.69, 9.17) is 9.47 Å². The number of amides is 1. The summed E-state index contributed by atoms with van der Waals surface area (Å²) in [6, 6.07) is 7.36. The highest BCUT2D eigenvalue weighted by atomic mass is 16.6. The molecule has 0 spiro atoms. The minimum Gasteiger partial charge on any atom is -0.479 e. The summed E-state index contributed by atoms with van der Waals surface area (Å²) >= 11 is 0. The van der Waals surface area contributed by atoms with Crippen LogP contribution in [0.15, 0.2) is 36.9 Å². The Kier molecular flexibility index (Phi) is 6.46. The number of aryl methyl sites for hydroxylation is 1. The molecule has 0 saturated heterocycles. The molecule has 0 aliphatic rings. The van der Waals surface area contributed by atoms with Crippen LogP contribution >= 0.6 is 0 Å². The maximum absolute atomic E-state index is 11.9. The molecule has 1 rings (SSSR count). The Morgan fingerprint density at radius 3 is 2.67 bits per heavy atom. The van der Waals surface area contributed by atoms with Crippen molar-refractivity contribution in [2.24, 2.45) is 0 Å². The van der Waals surface area contributed by atoms with E-state index in [1.165, 1.54) is 6.92 Å². The molecule has 2 atom stereocenters. The molecule has 1 aromatic rings. The van der Waals surface area contributed by atoms with Gasteiger partial charge in [-0.05, 0) is 38.5 Å². The average Bonchev–Trinajstić information content (AvgIpc) is 2.44. The lowest BCUT2D eigenvalue weighted by atomic mass is 10.2. The first-order chi connectivity index (χ1) is 9.93. The molecule has 21 heavy (non-hydrogen) atoms. The van der Waals surface area contributed by atoms with E-state index >= 15 is 0 Å². The number of ether oxygens (including phenoxy) is 2. The second-order valence-corrected chi connectivity index (χ2v) is 4.69. The zero-order chi connectivity index (χ0) is 15.8. The van der Waals surface area contributed by atoms with Crippen molar-refractivity contribution in [2.75, 3.05) is 6.54 Å². The molecule has 0 unspecified atom stereocenters. The molecule has 1 N–H and O–H groups in total. The molecular weight excluding hydrogens is 270 g/mol. The van der Waals surface area contributed by atoms with Gasteiger partial charge in [0.05, 0.1) is 0 Å². The Bertz CT molecular complexity index is 513. The van der Waals surface area contributed by atoms with Crippen molar-refractivity contribution >= 4 is 11.9 Å². The van der Waals surface area contributed by atoms with Crippen molar-refractivity contribution in [3.8, 4) is 5.75 Å². The van der Waals surface area contributed by atoms with Crippen LogP contribution in [-0.2, 0) is 14.3 Å². The third-order valence-corrected chi connectivity index (χ3v) is 2.72. The average molecular weight is 291 g/mol. The number of benzene rings is 1. The molecule has 0 bridgehead atoms. The molecule has 0 aliphatic heterocycles. The first-order valence-electron chi connectivity index (χ1n) is 6.76. The fourth-order valence-electron chi connectivity index (χ4n) is 1.58. The van der Waals surface area contributed by atoms with Crippen LogP contribution in [0.4, 0.5) is 0 Å². The molecular formula is C16H21NO4. The third kappa shape index (κ3) is 5.69. The van der Waals surface area contributed by atoms with Gasteiger partial charge in [-0.1, -0.05) is 18.2 Å². The van der Waals surface area contributed by atoms with Gasteiger partial charge >= 0.3 is 5.97 Å². The van der Waals surface area contributed by atoms with Gasteiger partial charge in [0.25, 0.3) is 5.91 Å². The molecule has 0 heterocycles. The highest BCUT2D eigenvalue weighted by molar-refractivity contribution is 5.84. The van der Waals surface area contributed by atoms with E-state index in [-0.39, 0.29) is 5.91 Å². The maximum Gasteiger partial charge on any atom is 0.347 e. The Hall–Kier alpha value is -2.30. The van der Waals surface area contributed by atoms with Gasteiger partial charge in [-0.3, -0.25) is 4.79 Å². The first kappa shape index (κ1) is 16.8. The predicted molar refractivity (Wildman–Crippen MR) is 80.0 cm³/mol. The zero-order valence-corrected chi connectivity index (χ0v) is 12.6. The van der Waals surface area contributed by atoms with E-state index in [1.54, 1.807) is 19.1 Å². The SMILES string of the molecule is C=CCNC(=O)[C@@H](C)OC(=O)[C@H](C)Oc1cccc(C)c1. The molecule has 0 saturated carbocycles. The van der Waals surface area contributed by atoms with Crippen LogP contribution in [-0.4, -0.2) is 30.6 Å². The molecule has 1 amide bonds. The standard InChI is InChI=1S/C16H21NO4/c1-5-9-17-15(18)12(3)21-16(19)13(4)20-14-8-6-7-11(2)10-14/h5-8,10,12-13H,1,9H2,2-4H3,(H,17,18)/t12-,13+/m1/s1. The molecule has 0 aromatic heterocycles. The van der Waals surface area contributed by atoms with Crippen LogP contribution < -0.4 is 10.1 Å². The van der Waals surface area contributed by atoms with Gasteiger partial charge in [0.15, 0.2) is 12.2 Å². The number of hydrogen-bond acceptors (Lipinski definition) is 4. The molecule has 5 nitrogen and oxygen atoms in total. The lowest BCUT2D eigenvalue weighted by Gasteiger charge is -2.17. The maximum atomic E-state index is 11.9. The van der Waals surface area contributed by atoms with Crippen LogP contribution in [0.1, 0.15) is 19.4 Å². The molecule has 0 radical (unpaired) electrons. The van der Waals surface area contributed by atoms with Crippen molar-refractivity contribution < 1.29 is 19.1 Å². The lowest BCUT2D eigenvalue weighted by Crippen LogP contribution is -2.38. The molecule has 1 aromatic carbocycles. The number of nitrogens with one attached hydrogen (secondary N) is 1.